The van der Waals surface area contributed by atoms with Crippen LogP contribution in [0.5, 0.6) is 0 Å². The van der Waals surface area contributed by atoms with E-state index in [0.717, 1.165) is 29.2 Å². The predicted octanol–water partition coefficient (Wildman–Crippen LogP) is 2.31. The molecule has 1 aromatic heterocycles. The SMILES string of the molecule is Cc1cccc(N(C)Cc2cccc(C(=N)N)c2)n1. The summed E-state index contributed by atoms with van der Waals surface area (Å²) in [6.07, 6.45) is 0. The summed E-state index contributed by atoms with van der Waals surface area (Å²) in [4.78, 5) is 6.56. The molecule has 0 fully saturated rings. The van der Waals surface area contributed by atoms with Crippen molar-refractivity contribution >= 4 is 11.7 Å². The van der Waals surface area contributed by atoms with Gasteiger partial charge in [-0.3, -0.25) is 5.41 Å². The second-order valence-corrected chi connectivity index (χ2v) is 4.61. The highest BCUT2D eigenvalue weighted by Gasteiger charge is 2.05. The molecule has 1 aromatic carbocycles. The van der Waals surface area contributed by atoms with Crippen LogP contribution in [0.4, 0.5) is 5.82 Å². The number of pyridine rings is 1. The average Bonchev–Trinajstić information content (AvgIpc) is 2.39. The molecule has 3 N–H and O–H groups in total. The zero-order chi connectivity index (χ0) is 13.8. The zero-order valence-electron chi connectivity index (χ0n) is 11.2. The van der Waals surface area contributed by atoms with Gasteiger partial charge in [0.25, 0.3) is 0 Å². The smallest absolute Gasteiger partial charge is 0.128 e. The minimum Gasteiger partial charge on any atom is -0.384 e. The van der Waals surface area contributed by atoms with Crippen LogP contribution in [-0.2, 0) is 6.54 Å². The van der Waals surface area contributed by atoms with Gasteiger partial charge in [0.2, 0.25) is 0 Å². The van der Waals surface area contributed by atoms with Crippen LogP contribution in [0.15, 0.2) is 42.5 Å². The molecule has 0 aliphatic rings. The Balaban J connectivity index is 2.17. The highest BCUT2D eigenvalue weighted by Crippen LogP contribution is 2.14. The number of anilines is 1. The fourth-order valence-electron chi connectivity index (χ4n) is 1.93. The van der Waals surface area contributed by atoms with Gasteiger partial charge in [-0.1, -0.05) is 24.3 Å². The molecule has 0 spiro atoms. The largest absolute Gasteiger partial charge is 0.384 e. The third kappa shape index (κ3) is 3.31. The zero-order valence-corrected chi connectivity index (χ0v) is 11.2. The third-order valence-electron chi connectivity index (χ3n) is 2.92. The summed E-state index contributed by atoms with van der Waals surface area (Å²) in [6.45, 7) is 2.71. The van der Waals surface area contributed by atoms with Crippen LogP contribution in [0, 0.1) is 12.3 Å². The normalized spacial score (nSPS) is 10.2. The first-order chi connectivity index (χ1) is 9.06. The van der Waals surface area contributed by atoms with Gasteiger partial charge in [-0.15, -0.1) is 0 Å². The molecule has 0 radical (unpaired) electrons. The lowest BCUT2D eigenvalue weighted by Gasteiger charge is -2.19. The summed E-state index contributed by atoms with van der Waals surface area (Å²) >= 11 is 0. The van der Waals surface area contributed by atoms with E-state index < -0.39 is 0 Å². The summed E-state index contributed by atoms with van der Waals surface area (Å²) in [5, 5.41) is 7.46. The van der Waals surface area contributed by atoms with Gasteiger partial charge in [0.05, 0.1) is 0 Å². The van der Waals surface area contributed by atoms with Crippen LogP contribution >= 0.6 is 0 Å². The molecule has 4 heteroatoms. The first-order valence-electron chi connectivity index (χ1n) is 6.14. The van der Waals surface area contributed by atoms with Crippen LogP contribution in [0.2, 0.25) is 0 Å². The molecular weight excluding hydrogens is 236 g/mol. The predicted molar refractivity (Wildman–Crippen MR) is 78.5 cm³/mol. The molecular formula is C15H18N4. The fraction of sp³-hybridized carbons (Fsp3) is 0.200. The van der Waals surface area contributed by atoms with Gasteiger partial charge >= 0.3 is 0 Å². The molecule has 98 valence electrons. The Hall–Kier alpha value is -2.36. The molecule has 19 heavy (non-hydrogen) atoms. The van der Waals surface area contributed by atoms with E-state index in [-0.39, 0.29) is 5.84 Å². The molecule has 0 unspecified atom stereocenters. The van der Waals surface area contributed by atoms with Crippen molar-refractivity contribution in [2.75, 3.05) is 11.9 Å². The second-order valence-electron chi connectivity index (χ2n) is 4.61. The van der Waals surface area contributed by atoms with Gasteiger partial charge < -0.3 is 10.6 Å². The highest BCUT2D eigenvalue weighted by atomic mass is 15.2. The quantitative estimate of drug-likeness (QED) is 0.650. The first kappa shape index (κ1) is 13.1. The Morgan fingerprint density at radius 2 is 2.00 bits per heavy atom. The topological polar surface area (TPSA) is 66.0 Å². The van der Waals surface area contributed by atoms with Crippen molar-refractivity contribution < 1.29 is 0 Å². The van der Waals surface area contributed by atoms with E-state index in [4.69, 9.17) is 11.1 Å². The monoisotopic (exact) mass is 254 g/mol. The Labute approximate surface area is 113 Å². The number of nitrogens with one attached hydrogen (secondary N) is 1. The van der Waals surface area contributed by atoms with Crippen molar-refractivity contribution in [2.45, 2.75) is 13.5 Å². The van der Waals surface area contributed by atoms with Crippen LogP contribution in [0.25, 0.3) is 0 Å². The van der Waals surface area contributed by atoms with Crippen LogP contribution in [0.3, 0.4) is 0 Å². The maximum absolute atomic E-state index is 7.46. The molecule has 1 heterocycles. The second kappa shape index (κ2) is 5.52. The van der Waals surface area contributed by atoms with Crippen LogP contribution < -0.4 is 10.6 Å². The van der Waals surface area contributed by atoms with E-state index in [1.165, 1.54) is 0 Å². The molecule has 0 aliphatic heterocycles. The first-order valence-corrected chi connectivity index (χ1v) is 6.14. The van der Waals surface area contributed by atoms with Gasteiger partial charge in [-0.2, -0.15) is 0 Å². The summed E-state index contributed by atoms with van der Waals surface area (Å²) in [5.74, 6) is 1.03. The van der Waals surface area contributed by atoms with Gasteiger partial charge in [-0.25, -0.2) is 4.98 Å². The summed E-state index contributed by atoms with van der Waals surface area (Å²) < 4.78 is 0. The van der Waals surface area contributed by atoms with E-state index in [2.05, 4.69) is 9.88 Å². The maximum Gasteiger partial charge on any atom is 0.128 e. The van der Waals surface area contributed by atoms with Crippen LogP contribution in [-0.4, -0.2) is 17.9 Å². The third-order valence-corrected chi connectivity index (χ3v) is 2.92. The molecule has 4 nitrogen and oxygen atoms in total. The molecule has 2 aromatic rings. The summed E-state index contributed by atoms with van der Waals surface area (Å²) in [7, 11) is 2.00. The van der Waals surface area contributed by atoms with E-state index in [1.54, 1.807) is 0 Å². The van der Waals surface area contributed by atoms with Gasteiger partial charge in [-0.05, 0) is 30.7 Å². The standard InChI is InChI=1S/C15H18N4/c1-11-5-3-8-14(18-11)19(2)10-12-6-4-7-13(9-12)15(16)17/h3-9H,10H2,1-2H3,(H3,16,17). The Bertz CT molecular complexity index is 592. The highest BCUT2D eigenvalue weighted by molar-refractivity contribution is 5.95. The number of hydrogen-bond acceptors (Lipinski definition) is 3. The average molecular weight is 254 g/mol. The van der Waals surface area contributed by atoms with Crippen molar-refractivity contribution in [2.24, 2.45) is 5.73 Å². The molecule has 0 amide bonds. The Morgan fingerprint density at radius 1 is 1.26 bits per heavy atom. The molecule has 0 bridgehead atoms. The number of hydrogen-bond donors (Lipinski definition) is 2. The number of aromatic nitrogens is 1. The number of nitrogen functional groups attached to an aromatic ring is 1. The van der Waals surface area contributed by atoms with E-state index in [9.17, 15) is 0 Å². The van der Waals surface area contributed by atoms with Crippen LogP contribution in [0.1, 0.15) is 16.8 Å². The lowest BCUT2D eigenvalue weighted by atomic mass is 10.1. The number of benzene rings is 1. The van der Waals surface area contributed by atoms with E-state index >= 15 is 0 Å². The summed E-state index contributed by atoms with van der Waals surface area (Å²) in [6, 6.07) is 13.7. The lowest BCUT2D eigenvalue weighted by molar-refractivity contribution is 0.892. The molecule has 0 atom stereocenters. The van der Waals surface area contributed by atoms with Gasteiger partial charge in [0.1, 0.15) is 11.7 Å². The fourth-order valence-corrected chi connectivity index (χ4v) is 1.93. The lowest BCUT2D eigenvalue weighted by Crippen LogP contribution is -2.18. The number of nitrogens with zero attached hydrogens (tertiary/aromatic N) is 2. The molecule has 0 saturated carbocycles. The van der Waals surface area contributed by atoms with E-state index in [1.807, 2.05) is 56.4 Å². The van der Waals surface area contributed by atoms with Crippen molar-refractivity contribution in [1.29, 1.82) is 5.41 Å². The number of amidine groups is 1. The number of nitrogens with two attached hydrogens (primary N) is 1. The number of aryl methyl sites for hydroxylation is 1. The number of rotatable bonds is 4. The molecule has 2 rings (SSSR count). The Morgan fingerprint density at radius 3 is 2.68 bits per heavy atom. The molecule has 0 saturated heterocycles. The van der Waals surface area contributed by atoms with Crippen molar-refractivity contribution in [3.05, 3.63) is 59.3 Å². The minimum atomic E-state index is 0.0955. The van der Waals surface area contributed by atoms with Crippen molar-refractivity contribution in [3.8, 4) is 0 Å². The van der Waals surface area contributed by atoms with Crippen molar-refractivity contribution in [1.82, 2.24) is 4.98 Å². The minimum absolute atomic E-state index is 0.0955. The molecule has 0 aliphatic carbocycles. The maximum atomic E-state index is 7.46. The van der Waals surface area contributed by atoms with Crippen molar-refractivity contribution in [3.63, 3.8) is 0 Å². The summed E-state index contributed by atoms with van der Waals surface area (Å²) in [5.41, 5.74) is 8.37. The van der Waals surface area contributed by atoms with E-state index in [0.29, 0.717) is 0 Å². The van der Waals surface area contributed by atoms with Gasteiger partial charge in [0, 0.05) is 24.8 Å². The Kier molecular flexibility index (Phi) is 3.80. The van der Waals surface area contributed by atoms with Gasteiger partial charge in [0.15, 0.2) is 0 Å².